The van der Waals surface area contributed by atoms with Gasteiger partial charge in [-0.3, -0.25) is 0 Å². The van der Waals surface area contributed by atoms with E-state index < -0.39 is 17.6 Å². The second-order valence-corrected chi connectivity index (χ2v) is 5.34. The van der Waals surface area contributed by atoms with Gasteiger partial charge >= 0.3 is 5.97 Å². The molecule has 2 aromatic rings. The molecule has 0 aliphatic carbocycles. The highest BCUT2D eigenvalue weighted by atomic mass is 16.6. The Morgan fingerprint density at radius 3 is 2.72 bits per heavy atom. The molecule has 18 heavy (non-hydrogen) atoms. The Morgan fingerprint density at radius 2 is 2.06 bits per heavy atom. The van der Waals surface area contributed by atoms with E-state index in [0.29, 0.717) is 0 Å². The molecule has 0 spiro atoms. The van der Waals surface area contributed by atoms with Crippen molar-refractivity contribution in [3.8, 4) is 0 Å². The molecule has 3 N–H and O–H groups in total. The third-order valence-corrected chi connectivity index (χ3v) is 2.60. The van der Waals surface area contributed by atoms with Crippen LogP contribution in [0.5, 0.6) is 0 Å². The van der Waals surface area contributed by atoms with Crippen LogP contribution >= 0.6 is 0 Å². The van der Waals surface area contributed by atoms with Gasteiger partial charge in [0.1, 0.15) is 11.6 Å². The topological polar surface area (TPSA) is 68.1 Å². The number of rotatable bonds is 2. The van der Waals surface area contributed by atoms with E-state index in [2.05, 4.69) is 4.98 Å². The number of carbonyl (C=O) groups excluding carboxylic acids is 1. The van der Waals surface area contributed by atoms with Crippen molar-refractivity contribution in [1.82, 2.24) is 4.98 Å². The van der Waals surface area contributed by atoms with Gasteiger partial charge in [-0.2, -0.15) is 0 Å². The molecule has 0 saturated heterocycles. The molecule has 1 heterocycles. The number of H-pyrrole nitrogens is 1. The van der Waals surface area contributed by atoms with Crippen molar-refractivity contribution in [2.45, 2.75) is 32.4 Å². The smallest absolute Gasteiger partial charge is 0.328 e. The summed E-state index contributed by atoms with van der Waals surface area (Å²) in [6.07, 6.45) is 1.85. The molecule has 0 fully saturated rings. The summed E-state index contributed by atoms with van der Waals surface area (Å²) >= 11 is 0. The fraction of sp³-hybridized carbons (Fsp3) is 0.357. The number of aromatic nitrogens is 1. The fourth-order valence-corrected chi connectivity index (χ4v) is 1.77. The Balaban J connectivity index is 2.22. The summed E-state index contributed by atoms with van der Waals surface area (Å²) in [5, 5.41) is 1.03. The number of fused-ring (bicyclic) bond motifs is 1. The number of hydrogen-bond donors (Lipinski definition) is 2. The highest BCUT2D eigenvalue weighted by Crippen LogP contribution is 2.21. The van der Waals surface area contributed by atoms with Crippen LogP contribution in [0, 0.1) is 0 Å². The van der Waals surface area contributed by atoms with Crippen molar-refractivity contribution in [3.63, 3.8) is 0 Å². The van der Waals surface area contributed by atoms with E-state index in [9.17, 15) is 4.79 Å². The fourth-order valence-electron chi connectivity index (χ4n) is 1.77. The lowest BCUT2D eigenvalue weighted by Crippen LogP contribution is -2.31. The second-order valence-electron chi connectivity index (χ2n) is 5.34. The Labute approximate surface area is 106 Å². The van der Waals surface area contributed by atoms with Gasteiger partial charge in [-0.1, -0.05) is 6.07 Å². The van der Waals surface area contributed by atoms with Crippen LogP contribution in [0.15, 0.2) is 30.5 Å². The third-order valence-electron chi connectivity index (χ3n) is 2.60. The number of esters is 1. The molecule has 4 heteroatoms. The van der Waals surface area contributed by atoms with E-state index in [4.69, 9.17) is 10.5 Å². The van der Waals surface area contributed by atoms with Gasteiger partial charge in [-0.15, -0.1) is 0 Å². The monoisotopic (exact) mass is 246 g/mol. The first-order chi connectivity index (χ1) is 8.37. The summed E-state index contributed by atoms with van der Waals surface area (Å²) < 4.78 is 5.28. The van der Waals surface area contributed by atoms with Crippen LogP contribution in [0.2, 0.25) is 0 Å². The number of benzene rings is 1. The maximum absolute atomic E-state index is 11.9. The van der Waals surface area contributed by atoms with E-state index in [1.54, 1.807) is 0 Å². The van der Waals surface area contributed by atoms with Gasteiger partial charge in [0.25, 0.3) is 0 Å². The van der Waals surface area contributed by atoms with Crippen molar-refractivity contribution >= 4 is 16.9 Å². The highest BCUT2D eigenvalue weighted by Gasteiger charge is 2.23. The first kappa shape index (κ1) is 12.6. The minimum atomic E-state index is -0.747. The Hall–Kier alpha value is -1.81. The molecule has 96 valence electrons. The normalized spacial score (nSPS) is 13.6. The molecule has 1 atom stereocenters. The molecule has 0 aliphatic heterocycles. The molecule has 2 rings (SSSR count). The minimum absolute atomic E-state index is 0.405. The Bertz CT molecular complexity index is 566. The zero-order valence-electron chi connectivity index (χ0n) is 10.9. The van der Waals surface area contributed by atoms with E-state index in [-0.39, 0.29) is 0 Å². The molecule has 1 unspecified atom stereocenters. The largest absolute Gasteiger partial charge is 0.459 e. The van der Waals surface area contributed by atoms with Gasteiger partial charge in [-0.05, 0) is 49.9 Å². The molecule has 1 aromatic heterocycles. The standard InChI is InChI=1S/C14H18N2O2/c1-14(2,3)18-13(17)12(15)10-4-5-11-9(8-10)6-7-16-11/h4-8,12,16H,15H2,1-3H3. The predicted octanol–water partition coefficient (Wildman–Crippen LogP) is 2.51. The van der Waals surface area contributed by atoms with Crippen molar-refractivity contribution in [3.05, 3.63) is 36.0 Å². The quantitative estimate of drug-likeness (QED) is 0.800. The molecule has 0 aliphatic rings. The number of ether oxygens (including phenoxy) is 1. The number of carbonyl (C=O) groups is 1. The molecule has 4 nitrogen and oxygen atoms in total. The van der Waals surface area contributed by atoms with E-state index in [1.807, 2.05) is 51.2 Å². The summed E-state index contributed by atoms with van der Waals surface area (Å²) in [7, 11) is 0. The molecule has 1 aromatic carbocycles. The van der Waals surface area contributed by atoms with E-state index in [0.717, 1.165) is 16.5 Å². The highest BCUT2D eigenvalue weighted by molar-refractivity contribution is 5.83. The lowest BCUT2D eigenvalue weighted by molar-refractivity contribution is -0.156. The van der Waals surface area contributed by atoms with Crippen molar-refractivity contribution in [2.24, 2.45) is 5.73 Å². The van der Waals surface area contributed by atoms with Crippen LogP contribution in [0.4, 0.5) is 0 Å². The number of nitrogens with one attached hydrogen (secondary N) is 1. The third kappa shape index (κ3) is 2.71. The SMILES string of the molecule is CC(C)(C)OC(=O)C(N)c1ccc2[nH]ccc2c1. The molecular weight excluding hydrogens is 228 g/mol. The molecule has 0 bridgehead atoms. The predicted molar refractivity (Wildman–Crippen MR) is 71.1 cm³/mol. The lowest BCUT2D eigenvalue weighted by atomic mass is 10.1. The molecule has 0 amide bonds. The summed E-state index contributed by atoms with van der Waals surface area (Å²) in [4.78, 5) is 15.0. The van der Waals surface area contributed by atoms with Crippen LogP contribution in [0.25, 0.3) is 10.9 Å². The zero-order valence-corrected chi connectivity index (χ0v) is 10.9. The van der Waals surface area contributed by atoms with E-state index in [1.165, 1.54) is 0 Å². The molecular formula is C14H18N2O2. The zero-order chi connectivity index (χ0) is 13.3. The van der Waals surface area contributed by atoms with Crippen molar-refractivity contribution < 1.29 is 9.53 Å². The van der Waals surface area contributed by atoms with Gasteiger partial charge in [0, 0.05) is 11.7 Å². The van der Waals surface area contributed by atoms with Gasteiger partial charge in [0.15, 0.2) is 0 Å². The maximum Gasteiger partial charge on any atom is 0.328 e. The van der Waals surface area contributed by atoms with Crippen LogP contribution in [0.1, 0.15) is 32.4 Å². The Morgan fingerprint density at radius 1 is 1.33 bits per heavy atom. The van der Waals surface area contributed by atoms with Crippen LogP contribution < -0.4 is 5.73 Å². The average Bonchev–Trinajstić information content (AvgIpc) is 2.72. The molecule has 0 radical (unpaired) electrons. The van der Waals surface area contributed by atoms with Gasteiger partial charge in [0.2, 0.25) is 0 Å². The van der Waals surface area contributed by atoms with Crippen LogP contribution in [-0.2, 0) is 9.53 Å². The lowest BCUT2D eigenvalue weighted by Gasteiger charge is -2.22. The minimum Gasteiger partial charge on any atom is -0.459 e. The first-order valence-electron chi connectivity index (χ1n) is 5.92. The first-order valence-corrected chi connectivity index (χ1v) is 5.92. The van der Waals surface area contributed by atoms with Crippen molar-refractivity contribution in [1.29, 1.82) is 0 Å². The Kier molecular flexibility index (Phi) is 3.13. The summed E-state index contributed by atoms with van der Waals surface area (Å²) in [5.74, 6) is -0.405. The maximum atomic E-state index is 11.9. The number of hydrogen-bond acceptors (Lipinski definition) is 3. The van der Waals surface area contributed by atoms with Crippen LogP contribution in [0.3, 0.4) is 0 Å². The molecule has 0 saturated carbocycles. The number of nitrogens with two attached hydrogens (primary N) is 1. The van der Waals surface area contributed by atoms with Crippen molar-refractivity contribution in [2.75, 3.05) is 0 Å². The average molecular weight is 246 g/mol. The van der Waals surface area contributed by atoms with Gasteiger partial charge < -0.3 is 15.5 Å². The van der Waals surface area contributed by atoms with Gasteiger partial charge in [0.05, 0.1) is 0 Å². The number of aromatic amines is 1. The summed E-state index contributed by atoms with van der Waals surface area (Å²) in [6.45, 7) is 5.48. The summed E-state index contributed by atoms with van der Waals surface area (Å²) in [5.41, 5.74) is 7.18. The van der Waals surface area contributed by atoms with E-state index >= 15 is 0 Å². The summed E-state index contributed by atoms with van der Waals surface area (Å²) in [6, 6.07) is 6.85. The second kappa shape index (κ2) is 4.46. The van der Waals surface area contributed by atoms with Crippen LogP contribution in [-0.4, -0.2) is 16.6 Å². The van der Waals surface area contributed by atoms with Gasteiger partial charge in [-0.25, -0.2) is 4.79 Å².